The maximum Gasteiger partial charge on any atom is 0.255 e. The smallest absolute Gasteiger partial charge is 0.255 e. The largest absolute Gasteiger partial charge is 0.359 e. The van der Waals surface area contributed by atoms with E-state index in [4.69, 9.17) is 11.6 Å². The Balaban J connectivity index is 1.87. The summed E-state index contributed by atoms with van der Waals surface area (Å²) in [6.45, 7) is 3.79. The number of nitrogens with one attached hydrogen (secondary N) is 2. The zero-order valence-electron chi connectivity index (χ0n) is 16.8. The lowest BCUT2D eigenvalue weighted by molar-refractivity contribution is -0.880. The van der Waals surface area contributed by atoms with Crippen LogP contribution < -0.4 is 15.1 Å². The van der Waals surface area contributed by atoms with Gasteiger partial charge in [-0.3, -0.25) is 4.79 Å². The molecule has 2 aromatic rings. The summed E-state index contributed by atoms with van der Waals surface area (Å²) in [6, 6.07) is 11.5. The van der Waals surface area contributed by atoms with E-state index in [0.717, 1.165) is 36.2 Å². The van der Waals surface area contributed by atoms with Gasteiger partial charge in [0.1, 0.15) is 0 Å². The minimum absolute atomic E-state index is 0.0727. The number of carbonyl (C=O) groups excluding carboxylic acids is 1. The monoisotopic (exact) mass is 437 g/mol. The van der Waals surface area contributed by atoms with E-state index in [9.17, 15) is 13.2 Å². The van der Waals surface area contributed by atoms with Gasteiger partial charge in [0, 0.05) is 24.7 Å². The third kappa shape index (κ3) is 4.90. The number of benzene rings is 2. The molecule has 0 aromatic heterocycles. The highest BCUT2D eigenvalue weighted by molar-refractivity contribution is 7.89. The molecule has 3 rings (SSSR count). The molecule has 1 heterocycles. The van der Waals surface area contributed by atoms with Crippen molar-refractivity contribution in [3.05, 3.63) is 53.1 Å². The molecular weight excluding hydrogens is 412 g/mol. The van der Waals surface area contributed by atoms with Crippen LogP contribution in [0, 0.1) is 0 Å². The molecule has 1 aliphatic rings. The van der Waals surface area contributed by atoms with Gasteiger partial charge < -0.3 is 15.1 Å². The number of carbonyl (C=O) groups is 1. The Morgan fingerprint density at radius 1 is 1.14 bits per heavy atom. The van der Waals surface area contributed by atoms with E-state index in [1.807, 2.05) is 12.1 Å². The van der Waals surface area contributed by atoms with Crippen LogP contribution in [0.4, 0.5) is 11.4 Å². The fraction of sp³-hybridized carbons (Fsp3) is 0.350. The van der Waals surface area contributed by atoms with Crippen molar-refractivity contribution in [1.82, 2.24) is 4.31 Å². The van der Waals surface area contributed by atoms with Crippen LogP contribution in [0.5, 0.6) is 0 Å². The zero-order chi connectivity index (χ0) is 21.2. The summed E-state index contributed by atoms with van der Waals surface area (Å²) in [5.74, 6) is -0.385. The van der Waals surface area contributed by atoms with Crippen LogP contribution in [-0.4, -0.2) is 66.0 Å². The standard InChI is InChI=1S/C20H25ClN4O3S/c1-23(2)29(27,28)17-6-4-5-15(13-17)20(26)22-18-14-16(21)7-8-19(18)25-11-9-24(3)10-12-25/h4-8,13-14H,9-12H2,1-3H3,(H,22,26)/p+1. The summed E-state index contributed by atoms with van der Waals surface area (Å²) in [7, 11) is 1.45. The summed E-state index contributed by atoms with van der Waals surface area (Å²) in [4.78, 5) is 16.6. The first-order valence-corrected chi connectivity index (χ1v) is 11.2. The highest BCUT2D eigenvalue weighted by Crippen LogP contribution is 2.30. The Bertz CT molecular complexity index is 1000. The van der Waals surface area contributed by atoms with Crippen LogP contribution in [0.3, 0.4) is 0 Å². The fourth-order valence-corrected chi connectivity index (χ4v) is 4.34. The zero-order valence-corrected chi connectivity index (χ0v) is 18.3. The summed E-state index contributed by atoms with van der Waals surface area (Å²) in [5, 5.41) is 3.42. The van der Waals surface area contributed by atoms with Gasteiger partial charge in [-0.15, -0.1) is 0 Å². The molecule has 1 fully saturated rings. The number of halogens is 1. The fourth-order valence-electron chi connectivity index (χ4n) is 3.22. The van der Waals surface area contributed by atoms with E-state index in [1.165, 1.54) is 31.1 Å². The van der Waals surface area contributed by atoms with Gasteiger partial charge in [0.05, 0.1) is 49.5 Å². The number of quaternary nitrogens is 1. The van der Waals surface area contributed by atoms with Crippen LogP contribution in [0.15, 0.2) is 47.4 Å². The molecular formula is C20H26ClN4O3S+. The third-order valence-electron chi connectivity index (χ3n) is 5.04. The van der Waals surface area contributed by atoms with E-state index >= 15 is 0 Å². The lowest BCUT2D eigenvalue weighted by Gasteiger charge is -2.33. The Labute approximate surface area is 176 Å². The molecule has 0 bridgehead atoms. The number of amides is 1. The maximum absolute atomic E-state index is 12.9. The molecule has 1 aliphatic heterocycles. The summed E-state index contributed by atoms with van der Waals surface area (Å²) < 4.78 is 25.8. The number of sulfonamides is 1. The van der Waals surface area contributed by atoms with Crippen LogP contribution in [0.2, 0.25) is 5.02 Å². The van der Waals surface area contributed by atoms with E-state index in [1.54, 1.807) is 18.2 Å². The number of likely N-dealkylation sites (N-methyl/N-ethyl adjacent to an activating group) is 1. The average Bonchev–Trinajstić information content (AvgIpc) is 2.69. The topological polar surface area (TPSA) is 74.2 Å². The lowest BCUT2D eigenvalue weighted by atomic mass is 10.1. The van der Waals surface area contributed by atoms with Crippen LogP contribution in [0.25, 0.3) is 0 Å². The number of hydrogen-bond acceptors (Lipinski definition) is 4. The molecule has 0 atom stereocenters. The van der Waals surface area contributed by atoms with Gasteiger partial charge in [0.2, 0.25) is 10.0 Å². The first-order chi connectivity index (χ1) is 13.7. The van der Waals surface area contributed by atoms with Crippen molar-refractivity contribution < 1.29 is 18.1 Å². The van der Waals surface area contributed by atoms with Gasteiger partial charge in [-0.2, -0.15) is 0 Å². The first kappa shape index (κ1) is 21.6. The second-order valence-electron chi connectivity index (χ2n) is 7.38. The van der Waals surface area contributed by atoms with Crippen LogP contribution in [0.1, 0.15) is 10.4 Å². The van der Waals surface area contributed by atoms with Gasteiger partial charge in [0.25, 0.3) is 5.91 Å². The van der Waals surface area contributed by atoms with Crippen molar-refractivity contribution in [2.45, 2.75) is 4.90 Å². The molecule has 0 aliphatic carbocycles. The van der Waals surface area contributed by atoms with Gasteiger partial charge in [-0.05, 0) is 36.4 Å². The molecule has 2 N–H and O–H groups in total. The number of anilines is 2. The van der Waals surface area contributed by atoms with Gasteiger partial charge in [-0.25, -0.2) is 12.7 Å². The first-order valence-electron chi connectivity index (χ1n) is 9.38. The normalized spacial score (nSPS) is 15.6. The highest BCUT2D eigenvalue weighted by atomic mass is 35.5. The van der Waals surface area contributed by atoms with E-state index < -0.39 is 10.0 Å². The third-order valence-corrected chi connectivity index (χ3v) is 7.09. The van der Waals surface area contributed by atoms with Crippen molar-refractivity contribution in [3.63, 3.8) is 0 Å². The molecule has 1 saturated heterocycles. The molecule has 9 heteroatoms. The second kappa shape index (κ2) is 8.71. The van der Waals surface area contributed by atoms with Crippen molar-refractivity contribution in [3.8, 4) is 0 Å². The molecule has 0 saturated carbocycles. The van der Waals surface area contributed by atoms with Crippen molar-refractivity contribution in [2.24, 2.45) is 0 Å². The van der Waals surface area contributed by atoms with E-state index in [-0.39, 0.29) is 16.4 Å². The van der Waals surface area contributed by atoms with Gasteiger partial charge in [-0.1, -0.05) is 17.7 Å². The van der Waals surface area contributed by atoms with Crippen molar-refractivity contribution in [2.75, 3.05) is 57.5 Å². The Morgan fingerprint density at radius 3 is 2.48 bits per heavy atom. The summed E-state index contributed by atoms with van der Waals surface area (Å²) in [5.41, 5.74) is 1.79. The minimum atomic E-state index is -3.62. The molecule has 29 heavy (non-hydrogen) atoms. The molecule has 0 radical (unpaired) electrons. The maximum atomic E-state index is 12.9. The molecule has 156 valence electrons. The Morgan fingerprint density at radius 2 is 1.83 bits per heavy atom. The molecule has 1 amide bonds. The van der Waals surface area contributed by atoms with Crippen LogP contribution >= 0.6 is 11.6 Å². The number of rotatable bonds is 5. The molecule has 7 nitrogen and oxygen atoms in total. The predicted octanol–water partition coefficient (Wildman–Crippen LogP) is 1.18. The van der Waals surface area contributed by atoms with Gasteiger partial charge >= 0.3 is 0 Å². The van der Waals surface area contributed by atoms with Gasteiger partial charge in [0.15, 0.2) is 0 Å². The summed E-state index contributed by atoms with van der Waals surface area (Å²) in [6.07, 6.45) is 0. The van der Waals surface area contributed by atoms with E-state index in [2.05, 4.69) is 17.3 Å². The Kier molecular flexibility index (Phi) is 6.48. The van der Waals surface area contributed by atoms with Crippen molar-refractivity contribution in [1.29, 1.82) is 0 Å². The lowest BCUT2D eigenvalue weighted by Crippen LogP contribution is -3.12. The number of piperazine rings is 1. The van der Waals surface area contributed by atoms with Crippen LogP contribution in [-0.2, 0) is 10.0 Å². The highest BCUT2D eigenvalue weighted by Gasteiger charge is 2.22. The average molecular weight is 438 g/mol. The number of hydrogen-bond donors (Lipinski definition) is 2. The molecule has 0 spiro atoms. The predicted molar refractivity (Wildman–Crippen MR) is 116 cm³/mol. The summed E-state index contributed by atoms with van der Waals surface area (Å²) >= 11 is 6.17. The Hall–Kier alpha value is -2.13. The molecule has 0 unspecified atom stereocenters. The number of nitrogens with zero attached hydrogens (tertiary/aromatic N) is 2. The minimum Gasteiger partial charge on any atom is -0.359 e. The quantitative estimate of drug-likeness (QED) is 0.736. The second-order valence-corrected chi connectivity index (χ2v) is 9.96. The SMILES string of the molecule is CN(C)S(=O)(=O)c1cccc(C(=O)Nc2cc(Cl)ccc2N2CC[NH+](C)CC2)c1. The molecule has 2 aromatic carbocycles. The van der Waals surface area contributed by atoms with E-state index in [0.29, 0.717) is 10.7 Å². The van der Waals surface area contributed by atoms with Crippen molar-refractivity contribution >= 4 is 38.9 Å².